The van der Waals surface area contributed by atoms with Crippen LogP contribution in [0.5, 0.6) is 0 Å². The summed E-state index contributed by atoms with van der Waals surface area (Å²) in [5.74, 6) is 1.91. The van der Waals surface area contributed by atoms with Crippen LogP contribution in [0.15, 0.2) is 35.5 Å². The Kier molecular flexibility index (Phi) is 4.90. The third-order valence-corrected chi connectivity index (χ3v) is 8.42. The van der Waals surface area contributed by atoms with E-state index < -0.39 is 9.84 Å². The van der Waals surface area contributed by atoms with E-state index in [0.29, 0.717) is 18.4 Å². The molecule has 0 spiro atoms. The van der Waals surface area contributed by atoms with Crippen molar-refractivity contribution in [3.8, 4) is 0 Å². The van der Waals surface area contributed by atoms with E-state index in [4.69, 9.17) is 0 Å². The van der Waals surface area contributed by atoms with Gasteiger partial charge in [0.05, 0.1) is 23.3 Å². The molecule has 0 radical (unpaired) electrons. The molecule has 2 heterocycles. The number of hydrogen-bond donors (Lipinski definition) is 0. The molecule has 0 bridgehead atoms. The number of carbonyl (C=O) groups is 1. The number of benzene rings is 1. The zero-order chi connectivity index (χ0) is 20.0. The number of sulfone groups is 1. The minimum absolute atomic E-state index is 0.0301. The average molecular weight is 433 g/mol. The molecule has 1 aliphatic heterocycles. The molecule has 1 amide bonds. The molecule has 1 saturated heterocycles. The van der Waals surface area contributed by atoms with Crippen LogP contribution in [0.1, 0.15) is 49.9 Å². The molecule has 2 aromatic rings. The second kappa shape index (κ2) is 7.43. The Morgan fingerprint density at radius 1 is 1.10 bits per heavy atom. The number of para-hydroxylation sites is 1. The van der Waals surface area contributed by atoms with E-state index >= 15 is 0 Å². The molecule has 7 nitrogen and oxygen atoms in total. The predicted octanol–water partition coefficient (Wildman–Crippen LogP) is 2.80. The first-order chi connectivity index (χ1) is 14.0. The van der Waals surface area contributed by atoms with Gasteiger partial charge in [0.25, 0.3) is 0 Å². The number of rotatable bonds is 7. The summed E-state index contributed by atoms with van der Waals surface area (Å²) in [7, 11) is -3.09. The second-order valence-corrected chi connectivity index (χ2v) is 11.3. The summed E-state index contributed by atoms with van der Waals surface area (Å²) in [6.07, 6.45) is 5.13. The van der Waals surface area contributed by atoms with Crippen molar-refractivity contribution in [3.63, 3.8) is 0 Å². The van der Waals surface area contributed by atoms with Crippen LogP contribution >= 0.6 is 11.8 Å². The summed E-state index contributed by atoms with van der Waals surface area (Å²) in [6, 6.07) is 9.54. The lowest BCUT2D eigenvalue weighted by Gasteiger charge is -2.28. The molecule has 29 heavy (non-hydrogen) atoms. The lowest BCUT2D eigenvalue weighted by molar-refractivity contribution is -0.116. The average Bonchev–Trinajstić information content (AvgIpc) is 3.64. The fourth-order valence-electron chi connectivity index (χ4n) is 4.00. The Bertz CT molecular complexity index is 1010. The van der Waals surface area contributed by atoms with Crippen LogP contribution in [0.3, 0.4) is 0 Å². The van der Waals surface area contributed by atoms with Gasteiger partial charge in [0.1, 0.15) is 5.82 Å². The van der Waals surface area contributed by atoms with Crippen LogP contribution < -0.4 is 4.90 Å². The molecular formula is C20H24N4O3S2. The highest BCUT2D eigenvalue weighted by molar-refractivity contribution is 7.99. The lowest BCUT2D eigenvalue weighted by atomic mass is 10.2. The first-order valence-electron chi connectivity index (χ1n) is 10.2. The minimum atomic E-state index is -3.09. The molecular weight excluding hydrogens is 408 g/mol. The van der Waals surface area contributed by atoms with Gasteiger partial charge in [-0.15, -0.1) is 10.2 Å². The molecule has 0 N–H and O–H groups in total. The molecule has 5 rings (SSSR count). The van der Waals surface area contributed by atoms with Gasteiger partial charge in [-0.1, -0.05) is 30.0 Å². The van der Waals surface area contributed by atoms with Crippen molar-refractivity contribution < 1.29 is 13.2 Å². The van der Waals surface area contributed by atoms with E-state index in [2.05, 4.69) is 14.8 Å². The molecule has 154 valence electrons. The maximum Gasteiger partial charge on any atom is 0.237 e. The van der Waals surface area contributed by atoms with Gasteiger partial charge >= 0.3 is 0 Å². The van der Waals surface area contributed by atoms with E-state index in [-0.39, 0.29) is 29.2 Å². The molecule has 3 fully saturated rings. The molecule has 3 aliphatic rings. The topological polar surface area (TPSA) is 85.2 Å². The van der Waals surface area contributed by atoms with Gasteiger partial charge in [0, 0.05) is 17.6 Å². The second-order valence-electron chi connectivity index (χ2n) is 8.16. The monoisotopic (exact) mass is 432 g/mol. The highest BCUT2D eigenvalue weighted by Crippen LogP contribution is 2.46. The van der Waals surface area contributed by atoms with E-state index in [1.54, 1.807) is 4.90 Å². The van der Waals surface area contributed by atoms with Crippen molar-refractivity contribution in [2.45, 2.75) is 55.3 Å². The normalized spacial score (nSPS) is 23.2. The Balaban J connectivity index is 1.35. The third-order valence-electron chi connectivity index (χ3n) is 5.75. The number of hydrogen-bond acceptors (Lipinski definition) is 6. The first-order valence-corrected chi connectivity index (χ1v) is 13.0. The Morgan fingerprint density at radius 2 is 1.86 bits per heavy atom. The highest BCUT2D eigenvalue weighted by Gasteiger charge is 2.38. The Hall–Kier alpha value is -1.87. The zero-order valence-corrected chi connectivity index (χ0v) is 17.7. The summed E-state index contributed by atoms with van der Waals surface area (Å²) < 4.78 is 26.3. The number of thioether (sulfide) groups is 1. The van der Waals surface area contributed by atoms with E-state index in [0.717, 1.165) is 29.5 Å². The Morgan fingerprint density at radius 3 is 2.48 bits per heavy atom. The smallest absolute Gasteiger partial charge is 0.237 e. The molecule has 1 aromatic carbocycles. The van der Waals surface area contributed by atoms with Crippen LogP contribution in [0.25, 0.3) is 0 Å². The lowest BCUT2D eigenvalue weighted by Crippen LogP contribution is -2.42. The van der Waals surface area contributed by atoms with Gasteiger partial charge in [0.2, 0.25) is 5.91 Å². The van der Waals surface area contributed by atoms with Crippen LogP contribution in [0, 0.1) is 0 Å². The van der Waals surface area contributed by atoms with Crippen molar-refractivity contribution >= 4 is 33.2 Å². The highest BCUT2D eigenvalue weighted by atomic mass is 32.2. The summed E-state index contributed by atoms with van der Waals surface area (Å²) >= 11 is 1.42. The fraction of sp³-hybridized carbons (Fsp3) is 0.550. The first kappa shape index (κ1) is 19.1. The summed E-state index contributed by atoms with van der Waals surface area (Å²) in [4.78, 5) is 14.9. The Labute approximate surface area is 174 Å². The van der Waals surface area contributed by atoms with E-state index in [1.807, 2.05) is 30.3 Å². The van der Waals surface area contributed by atoms with Crippen molar-refractivity contribution in [2.75, 3.05) is 22.2 Å². The largest absolute Gasteiger partial charge is 0.308 e. The van der Waals surface area contributed by atoms with Crippen LogP contribution in [-0.2, 0) is 14.6 Å². The molecule has 0 unspecified atom stereocenters. The zero-order valence-electron chi connectivity index (χ0n) is 16.1. The molecule has 1 atom stereocenters. The standard InChI is InChI=1S/C20H24N4O3S2/c25-18(12-28-20-22-21-19(14-6-7-14)24(20)16-8-9-16)23(15-4-2-1-3-5-15)17-10-11-29(26,27)13-17/h1-5,14,16-17H,6-13H2/t17-/m0/s1. The van der Waals surface area contributed by atoms with Gasteiger partial charge < -0.3 is 9.47 Å². The summed E-state index contributed by atoms with van der Waals surface area (Å²) in [5.41, 5.74) is 0.752. The molecule has 9 heteroatoms. The third kappa shape index (κ3) is 4.07. The van der Waals surface area contributed by atoms with Gasteiger partial charge in [-0.25, -0.2) is 8.42 Å². The molecule has 2 aliphatic carbocycles. The number of amides is 1. The van der Waals surface area contributed by atoms with Gasteiger partial charge in [0.15, 0.2) is 15.0 Å². The number of carbonyl (C=O) groups excluding carboxylic acids is 1. The van der Waals surface area contributed by atoms with Crippen molar-refractivity contribution in [3.05, 3.63) is 36.2 Å². The maximum absolute atomic E-state index is 13.2. The maximum atomic E-state index is 13.2. The quantitative estimate of drug-likeness (QED) is 0.626. The number of anilines is 1. The molecule has 2 saturated carbocycles. The minimum Gasteiger partial charge on any atom is -0.308 e. The molecule has 1 aromatic heterocycles. The van der Waals surface area contributed by atoms with Crippen LogP contribution in [0.2, 0.25) is 0 Å². The van der Waals surface area contributed by atoms with Gasteiger partial charge in [-0.2, -0.15) is 0 Å². The van der Waals surface area contributed by atoms with Gasteiger partial charge in [-0.3, -0.25) is 4.79 Å². The predicted molar refractivity (Wildman–Crippen MR) is 112 cm³/mol. The van der Waals surface area contributed by atoms with E-state index in [9.17, 15) is 13.2 Å². The number of aromatic nitrogens is 3. The van der Waals surface area contributed by atoms with Gasteiger partial charge in [-0.05, 0) is 44.2 Å². The van der Waals surface area contributed by atoms with Crippen molar-refractivity contribution in [1.29, 1.82) is 0 Å². The van der Waals surface area contributed by atoms with Crippen molar-refractivity contribution in [2.24, 2.45) is 0 Å². The fourth-order valence-corrected chi connectivity index (χ4v) is 6.58. The summed E-state index contributed by atoms with van der Waals surface area (Å²) in [6.45, 7) is 0. The van der Waals surface area contributed by atoms with Crippen molar-refractivity contribution in [1.82, 2.24) is 14.8 Å². The van der Waals surface area contributed by atoms with E-state index in [1.165, 1.54) is 24.6 Å². The summed E-state index contributed by atoms with van der Waals surface area (Å²) in [5, 5.41) is 9.59. The number of nitrogens with zero attached hydrogens (tertiary/aromatic N) is 4. The van der Waals surface area contributed by atoms with Crippen LogP contribution in [0.4, 0.5) is 5.69 Å². The van der Waals surface area contributed by atoms with Crippen LogP contribution in [-0.4, -0.2) is 52.4 Å². The SMILES string of the molecule is O=C(CSc1nnc(C2CC2)n1C1CC1)N(c1ccccc1)[C@H]1CCS(=O)(=O)C1.